The number of nitrogen functional groups attached to an aromatic ring is 1. The van der Waals surface area contributed by atoms with Crippen LogP contribution in [0.25, 0.3) is 11.2 Å². The molecule has 164 valence electrons. The molecular weight excluding hydrogens is 512 g/mol. The van der Waals surface area contributed by atoms with Crippen molar-refractivity contribution in [1.82, 2.24) is 19.5 Å². The van der Waals surface area contributed by atoms with Gasteiger partial charge in [-0.3, -0.25) is 14.3 Å². The van der Waals surface area contributed by atoms with Crippen molar-refractivity contribution < 1.29 is 53.3 Å². The maximum absolute atomic E-state index is 12.4. The molecule has 3 aromatic rings. The quantitative estimate of drug-likeness (QED) is 0.251. The van der Waals surface area contributed by atoms with Crippen molar-refractivity contribution in [3.63, 3.8) is 0 Å². The molecule has 11 nitrogen and oxygen atoms in total. The number of aliphatic hydroxyl groups excluding tert-OH is 1. The first-order valence-corrected chi connectivity index (χ1v) is 12.7. The standard InChI is InChI=1S/C16H15ClN5O6PS2.Na/c17-6-1-3-7(4-2-6)31-16-19-9-12(20-15(18)21-13(9)24)22(16)14-10(23)11-8(27-14)5-26-29(25,30)28-11;/h1-4,8,10-11,14,23H,5H2,(H,25,30)(H3,18,20,21,24);/q;+1/p-1/t8-,10?,11+,14-,29?;/m1./s1. The van der Waals surface area contributed by atoms with Gasteiger partial charge in [0.1, 0.15) is 25.0 Å². The Hall–Kier alpha value is -0.540. The largest absolute Gasteiger partial charge is 1.00 e. The van der Waals surface area contributed by atoms with Gasteiger partial charge in [-0.2, -0.15) is 4.98 Å². The number of nitrogens with two attached hydrogens (primary N) is 1. The molecule has 2 saturated heterocycles. The average Bonchev–Trinajstić information content (AvgIpc) is 3.20. The molecule has 0 spiro atoms. The molecular formula is C16H14ClN5NaO6PS2. The third kappa shape index (κ3) is 4.54. The van der Waals surface area contributed by atoms with Crippen LogP contribution < -0.4 is 45.7 Å². The van der Waals surface area contributed by atoms with E-state index in [1.165, 1.54) is 16.3 Å². The van der Waals surface area contributed by atoms with Crippen LogP contribution in [0.4, 0.5) is 5.95 Å². The molecule has 5 atom stereocenters. The van der Waals surface area contributed by atoms with E-state index in [1.54, 1.807) is 24.3 Å². The zero-order valence-electron chi connectivity index (χ0n) is 16.4. The Morgan fingerprint density at radius 3 is 2.81 bits per heavy atom. The third-order valence-electron chi connectivity index (χ3n) is 4.77. The van der Waals surface area contributed by atoms with Crippen LogP contribution in [-0.2, 0) is 25.6 Å². The fraction of sp³-hybridized carbons (Fsp3) is 0.312. The summed E-state index contributed by atoms with van der Waals surface area (Å²) in [6.07, 6.45) is -4.06. The normalized spacial score (nSPS) is 29.6. The van der Waals surface area contributed by atoms with E-state index >= 15 is 0 Å². The number of H-pyrrole nitrogens is 1. The van der Waals surface area contributed by atoms with Crippen LogP contribution in [0.5, 0.6) is 0 Å². The number of nitrogens with one attached hydrogen (secondary N) is 1. The Kier molecular flexibility index (Phi) is 7.11. The Labute approximate surface area is 217 Å². The molecule has 1 aromatic carbocycles. The van der Waals surface area contributed by atoms with Crippen molar-refractivity contribution >= 4 is 59.0 Å². The first-order valence-electron chi connectivity index (χ1n) is 8.90. The van der Waals surface area contributed by atoms with Crippen LogP contribution in [0.2, 0.25) is 5.02 Å². The summed E-state index contributed by atoms with van der Waals surface area (Å²) in [6, 6.07) is 6.97. The number of benzene rings is 1. The summed E-state index contributed by atoms with van der Waals surface area (Å²) in [4.78, 5) is 36.2. The SMILES string of the molecule is Nc1nc2c(nc(Sc3ccc(Cl)cc3)n2[C@@H]2O[C@@H]3COP([O-])(=S)O[C@@H]3C2O)c(=O)[nH]1.[Na+]. The number of ether oxygens (including phenoxy) is 1. The van der Waals surface area contributed by atoms with Crippen molar-refractivity contribution in [2.45, 2.75) is 34.6 Å². The summed E-state index contributed by atoms with van der Waals surface area (Å²) in [7, 11) is 0. The number of aromatic amines is 1. The number of hydrogen-bond donors (Lipinski definition) is 3. The third-order valence-corrected chi connectivity index (χ3v) is 7.54. The van der Waals surface area contributed by atoms with Crippen molar-refractivity contribution in [3.05, 3.63) is 39.6 Å². The summed E-state index contributed by atoms with van der Waals surface area (Å²) in [6.45, 7) is -3.83. The summed E-state index contributed by atoms with van der Waals surface area (Å²) in [5.41, 5.74) is 5.32. The molecule has 0 saturated carbocycles. The van der Waals surface area contributed by atoms with Gasteiger partial charge in [0.05, 0.1) is 6.61 Å². The summed E-state index contributed by atoms with van der Waals surface area (Å²) >= 11 is 11.9. The van der Waals surface area contributed by atoms with Crippen LogP contribution in [0.15, 0.2) is 39.1 Å². The summed E-state index contributed by atoms with van der Waals surface area (Å²) in [5.74, 6) is -0.124. The predicted molar refractivity (Wildman–Crippen MR) is 113 cm³/mol. The van der Waals surface area contributed by atoms with Crippen LogP contribution in [0.1, 0.15) is 6.23 Å². The number of halogens is 1. The fourth-order valence-corrected chi connectivity index (χ4v) is 5.90. The monoisotopic (exact) mass is 525 g/mol. The van der Waals surface area contributed by atoms with Gasteiger partial charge in [-0.1, -0.05) is 35.2 Å². The van der Waals surface area contributed by atoms with E-state index in [0.29, 0.717) is 10.2 Å². The van der Waals surface area contributed by atoms with Gasteiger partial charge in [0.15, 0.2) is 22.5 Å². The summed E-state index contributed by atoms with van der Waals surface area (Å²) < 4.78 is 17.7. The molecule has 32 heavy (non-hydrogen) atoms. The molecule has 2 aliphatic heterocycles. The zero-order chi connectivity index (χ0) is 21.9. The minimum absolute atomic E-state index is 0. The molecule has 4 heterocycles. The molecule has 0 radical (unpaired) electrons. The smallest absolute Gasteiger partial charge is 0.780 e. The Morgan fingerprint density at radius 2 is 2.09 bits per heavy atom. The number of imidazole rings is 1. The van der Waals surface area contributed by atoms with Gasteiger partial charge in [0.25, 0.3) is 5.56 Å². The first-order chi connectivity index (χ1) is 14.7. The average molecular weight is 526 g/mol. The number of nitrogens with zero attached hydrogens (tertiary/aromatic N) is 3. The van der Waals surface area contributed by atoms with Crippen molar-refractivity contribution in [2.75, 3.05) is 12.3 Å². The number of anilines is 1. The van der Waals surface area contributed by atoms with E-state index in [4.69, 9.17) is 42.9 Å². The van der Waals surface area contributed by atoms with Crippen LogP contribution in [-0.4, -0.2) is 49.5 Å². The summed E-state index contributed by atoms with van der Waals surface area (Å²) in [5, 5.41) is 11.8. The van der Waals surface area contributed by atoms with Crippen LogP contribution in [0, 0.1) is 0 Å². The van der Waals surface area contributed by atoms with Gasteiger partial charge in [-0.25, -0.2) is 4.98 Å². The molecule has 0 bridgehead atoms. The molecule has 2 aromatic heterocycles. The van der Waals surface area contributed by atoms with E-state index < -0.39 is 36.8 Å². The molecule has 2 unspecified atom stereocenters. The number of hydrogen-bond acceptors (Lipinski definition) is 11. The topological polar surface area (TPSA) is 161 Å². The fourth-order valence-electron chi connectivity index (χ4n) is 3.43. The Morgan fingerprint density at radius 1 is 1.38 bits per heavy atom. The van der Waals surface area contributed by atoms with Gasteiger partial charge < -0.3 is 29.5 Å². The second kappa shape index (κ2) is 9.25. The van der Waals surface area contributed by atoms with Crippen LogP contribution >= 0.6 is 30.1 Å². The van der Waals surface area contributed by atoms with Crippen LogP contribution in [0.3, 0.4) is 0 Å². The van der Waals surface area contributed by atoms with Gasteiger partial charge in [0.2, 0.25) is 5.95 Å². The Bertz CT molecular complexity index is 1280. The van der Waals surface area contributed by atoms with Crippen molar-refractivity contribution in [1.29, 1.82) is 0 Å². The molecule has 2 aliphatic rings. The Balaban J connectivity index is 0.00000245. The number of rotatable bonds is 3. The van der Waals surface area contributed by atoms with Gasteiger partial charge in [0, 0.05) is 9.92 Å². The van der Waals surface area contributed by atoms with Crippen molar-refractivity contribution in [2.24, 2.45) is 0 Å². The maximum atomic E-state index is 12.4. The predicted octanol–water partition coefficient (Wildman–Crippen LogP) is -2.23. The van der Waals surface area contributed by atoms with E-state index in [2.05, 4.69) is 15.0 Å². The maximum Gasteiger partial charge on any atom is 1.00 e. The number of aliphatic hydroxyl groups is 1. The molecule has 0 amide bonds. The van der Waals surface area contributed by atoms with Crippen molar-refractivity contribution in [3.8, 4) is 0 Å². The molecule has 0 aliphatic carbocycles. The number of fused-ring (bicyclic) bond motifs is 2. The van der Waals surface area contributed by atoms with E-state index in [9.17, 15) is 14.8 Å². The first kappa shape index (κ1) is 24.6. The minimum Gasteiger partial charge on any atom is -0.780 e. The molecule has 5 rings (SSSR count). The minimum atomic E-state index is -3.72. The van der Waals surface area contributed by atoms with Gasteiger partial charge in [-0.05, 0) is 24.3 Å². The van der Waals surface area contributed by atoms with Gasteiger partial charge in [-0.15, -0.1) is 0 Å². The zero-order valence-corrected chi connectivity index (χ0v) is 21.7. The second-order valence-corrected chi connectivity index (χ2v) is 11.0. The molecule has 4 N–H and O–H groups in total. The van der Waals surface area contributed by atoms with E-state index in [-0.39, 0.29) is 53.3 Å². The second-order valence-electron chi connectivity index (χ2n) is 6.81. The molecule has 2 fully saturated rings. The molecule has 16 heteroatoms. The van der Waals surface area contributed by atoms with Gasteiger partial charge >= 0.3 is 29.6 Å². The number of aromatic nitrogens is 4. The van der Waals surface area contributed by atoms with E-state index in [1.807, 2.05) is 0 Å². The van der Waals surface area contributed by atoms with E-state index in [0.717, 1.165) is 4.90 Å².